The Hall–Kier alpha value is -2.43. The number of benzene rings is 1. The molecule has 0 spiro atoms. The third-order valence-electron chi connectivity index (χ3n) is 3.81. The van der Waals surface area contributed by atoms with Gasteiger partial charge in [0.25, 0.3) is 0 Å². The highest BCUT2D eigenvalue weighted by Crippen LogP contribution is 2.19. The molecule has 1 aromatic carbocycles. The first-order chi connectivity index (χ1) is 10.8. The molecule has 5 nitrogen and oxygen atoms in total. The molecule has 114 valence electrons. The third kappa shape index (κ3) is 3.81. The monoisotopic (exact) mass is 296 g/mol. The summed E-state index contributed by atoms with van der Waals surface area (Å²) in [7, 11) is 0. The second kappa shape index (κ2) is 7.02. The van der Waals surface area contributed by atoms with Gasteiger partial charge in [0.2, 0.25) is 5.91 Å². The quantitative estimate of drug-likeness (QED) is 0.805. The first-order valence-corrected chi connectivity index (χ1v) is 7.71. The average molecular weight is 296 g/mol. The van der Waals surface area contributed by atoms with Crippen LogP contribution in [0.2, 0.25) is 0 Å². The van der Waals surface area contributed by atoms with E-state index in [4.69, 9.17) is 0 Å². The van der Waals surface area contributed by atoms with Gasteiger partial charge in [-0.3, -0.25) is 9.89 Å². The van der Waals surface area contributed by atoms with Crippen LogP contribution in [0.4, 0.5) is 0 Å². The van der Waals surface area contributed by atoms with Crippen molar-refractivity contribution in [1.82, 2.24) is 20.5 Å². The number of allylic oxidation sites excluding steroid dienone is 2. The minimum absolute atomic E-state index is 0.111. The van der Waals surface area contributed by atoms with Crippen molar-refractivity contribution in [3.05, 3.63) is 48.3 Å². The van der Waals surface area contributed by atoms with Gasteiger partial charge in [0, 0.05) is 24.9 Å². The summed E-state index contributed by atoms with van der Waals surface area (Å²) in [6.07, 6.45) is 7.72. The molecular weight excluding hydrogens is 276 g/mol. The molecular formula is C17H20N4O. The van der Waals surface area contributed by atoms with E-state index >= 15 is 0 Å². The predicted molar refractivity (Wildman–Crippen MR) is 85.0 cm³/mol. The Morgan fingerprint density at radius 2 is 2.18 bits per heavy atom. The molecule has 0 aliphatic heterocycles. The number of nitrogens with zero attached hydrogens (tertiary/aromatic N) is 2. The first-order valence-electron chi connectivity index (χ1n) is 7.71. The number of carbonyl (C=O) groups excluding carboxylic acids is 1. The smallest absolute Gasteiger partial charge is 0.220 e. The fourth-order valence-electron chi connectivity index (χ4n) is 2.62. The number of H-pyrrole nitrogens is 1. The lowest BCUT2D eigenvalue weighted by Gasteiger charge is -2.07. The van der Waals surface area contributed by atoms with E-state index in [1.807, 2.05) is 30.3 Å². The van der Waals surface area contributed by atoms with Gasteiger partial charge in [0.15, 0.2) is 5.82 Å². The molecule has 1 aliphatic rings. The van der Waals surface area contributed by atoms with Crippen LogP contribution < -0.4 is 5.32 Å². The van der Waals surface area contributed by atoms with Crippen molar-refractivity contribution in [2.45, 2.75) is 25.7 Å². The van der Waals surface area contributed by atoms with Crippen LogP contribution in [0.15, 0.2) is 42.5 Å². The van der Waals surface area contributed by atoms with Crippen molar-refractivity contribution < 1.29 is 4.79 Å². The van der Waals surface area contributed by atoms with E-state index in [1.165, 1.54) is 0 Å². The van der Waals surface area contributed by atoms with Crippen LogP contribution in [0, 0.1) is 5.92 Å². The Kier molecular flexibility index (Phi) is 4.63. The molecule has 0 radical (unpaired) electrons. The van der Waals surface area contributed by atoms with E-state index in [0.717, 1.165) is 24.2 Å². The van der Waals surface area contributed by atoms with Gasteiger partial charge >= 0.3 is 0 Å². The Morgan fingerprint density at radius 3 is 2.95 bits per heavy atom. The molecule has 0 fully saturated rings. The van der Waals surface area contributed by atoms with E-state index in [1.54, 1.807) is 0 Å². The number of rotatable bonds is 6. The molecule has 2 aromatic rings. The van der Waals surface area contributed by atoms with Crippen molar-refractivity contribution in [3.63, 3.8) is 0 Å². The topological polar surface area (TPSA) is 70.7 Å². The highest BCUT2D eigenvalue weighted by Gasteiger charge is 2.13. The van der Waals surface area contributed by atoms with Crippen LogP contribution in [-0.4, -0.2) is 27.6 Å². The number of hydrogen-bond donors (Lipinski definition) is 2. The summed E-state index contributed by atoms with van der Waals surface area (Å²) in [6, 6.07) is 9.84. The van der Waals surface area contributed by atoms with Crippen molar-refractivity contribution in [2.75, 3.05) is 6.54 Å². The largest absolute Gasteiger partial charge is 0.356 e. The summed E-state index contributed by atoms with van der Waals surface area (Å²) in [5.74, 6) is 2.01. The SMILES string of the molecule is O=C(C[C@H]1C=CCC1)NCCc1nc(-c2ccccc2)n[nH]1. The third-order valence-corrected chi connectivity index (χ3v) is 3.81. The second-order valence-corrected chi connectivity index (χ2v) is 5.54. The van der Waals surface area contributed by atoms with E-state index in [-0.39, 0.29) is 5.91 Å². The fraction of sp³-hybridized carbons (Fsp3) is 0.353. The number of aromatic nitrogens is 3. The molecule has 1 heterocycles. The zero-order valence-electron chi connectivity index (χ0n) is 12.5. The Bertz CT molecular complexity index is 648. The molecule has 1 aromatic heterocycles. The maximum absolute atomic E-state index is 11.8. The van der Waals surface area contributed by atoms with Crippen LogP contribution in [0.5, 0.6) is 0 Å². The lowest BCUT2D eigenvalue weighted by molar-refractivity contribution is -0.121. The lowest BCUT2D eigenvalue weighted by atomic mass is 10.1. The number of aromatic amines is 1. The number of nitrogens with one attached hydrogen (secondary N) is 2. The Balaban J connectivity index is 1.45. The molecule has 3 rings (SSSR count). The summed E-state index contributed by atoms with van der Waals surface area (Å²) in [4.78, 5) is 16.3. The van der Waals surface area contributed by atoms with Crippen molar-refractivity contribution >= 4 is 5.91 Å². The van der Waals surface area contributed by atoms with Gasteiger partial charge in [-0.2, -0.15) is 5.10 Å². The zero-order valence-corrected chi connectivity index (χ0v) is 12.5. The maximum atomic E-state index is 11.8. The molecule has 1 atom stereocenters. The van der Waals surface area contributed by atoms with E-state index < -0.39 is 0 Å². The molecule has 22 heavy (non-hydrogen) atoms. The van der Waals surface area contributed by atoms with Crippen LogP contribution in [0.1, 0.15) is 25.1 Å². The van der Waals surface area contributed by atoms with Crippen LogP contribution in [0.25, 0.3) is 11.4 Å². The molecule has 1 amide bonds. The normalized spacial score (nSPS) is 16.8. The van der Waals surface area contributed by atoms with Crippen LogP contribution in [0.3, 0.4) is 0 Å². The van der Waals surface area contributed by atoms with Gasteiger partial charge in [-0.15, -0.1) is 0 Å². The Labute approximate surface area is 129 Å². The van der Waals surface area contributed by atoms with E-state index in [0.29, 0.717) is 31.1 Å². The maximum Gasteiger partial charge on any atom is 0.220 e. The van der Waals surface area contributed by atoms with Gasteiger partial charge in [0.1, 0.15) is 5.82 Å². The van der Waals surface area contributed by atoms with Gasteiger partial charge in [-0.05, 0) is 18.8 Å². The van der Waals surface area contributed by atoms with Gasteiger partial charge in [-0.25, -0.2) is 4.98 Å². The lowest BCUT2D eigenvalue weighted by Crippen LogP contribution is -2.27. The zero-order chi connectivity index (χ0) is 15.2. The minimum atomic E-state index is 0.111. The fourth-order valence-corrected chi connectivity index (χ4v) is 2.62. The van der Waals surface area contributed by atoms with Crippen molar-refractivity contribution in [3.8, 4) is 11.4 Å². The predicted octanol–water partition coefficient (Wildman–Crippen LogP) is 2.49. The first kappa shape index (κ1) is 14.5. The van der Waals surface area contributed by atoms with Crippen molar-refractivity contribution in [1.29, 1.82) is 0 Å². The number of amides is 1. The molecule has 1 aliphatic carbocycles. The molecule has 0 saturated carbocycles. The minimum Gasteiger partial charge on any atom is -0.356 e. The number of carbonyl (C=O) groups is 1. The number of hydrogen-bond acceptors (Lipinski definition) is 3. The van der Waals surface area contributed by atoms with E-state index in [9.17, 15) is 4.79 Å². The summed E-state index contributed by atoms with van der Waals surface area (Å²) in [6.45, 7) is 0.582. The molecule has 0 bridgehead atoms. The summed E-state index contributed by atoms with van der Waals surface area (Å²) in [5.41, 5.74) is 0.988. The molecule has 2 N–H and O–H groups in total. The van der Waals surface area contributed by atoms with E-state index in [2.05, 4.69) is 32.7 Å². The molecule has 0 unspecified atom stereocenters. The summed E-state index contributed by atoms with van der Waals surface area (Å²) in [5, 5.41) is 10.1. The van der Waals surface area contributed by atoms with Gasteiger partial charge in [0.05, 0.1) is 0 Å². The summed E-state index contributed by atoms with van der Waals surface area (Å²) >= 11 is 0. The Morgan fingerprint density at radius 1 is 1.32 bits per heavy atom. The summed E-state index contributed by atoms with van der Waals surface area (Å²) < 4.78 is 0. The van der Waals surface area contributed by atoms with Gasteiger partial charge < -0.3 is 5.32 Å². The second-order valence-electron chi connectivity index (χ2n) is 5.54. The highest BCUT2D eigenvalue weighted by molar-refractivity contribution is 5.76. The van der Waals surface area contributed by atoms with Crippen LogP contribution >= 0.6 is 0 Å². The van der Waals surface area contributed by atoms with Crippen LogP contribution in [-0.2, 0) is 11.2 Å². The standard InChI is InChI=1S/C17H20N4O/c22-16(12-13-6-4-5-7-13)18-11-10-15-19-17(21-20-15)14-8-2-1-3-9-14/h1-4,6,8-9,13H,5,7,10-12H2,(H,18,22)(H,19,20,21)/t13-/m0/s1. The highest BCUT2D eigenvalue weighted by atomic mass is 16.1. The van der Waals surface area contributed by atoms with Crippen molar-refractivity contribution in [2.24, 2.45) is 5.92 Å². The molecule has 0 saturated heterocycles. The average Bonchev–Trinajstić information content (AvgIpc) is 3.20. The molecule has 5 heteroatoms. The van der Waals surface area contributed by atoms with Gasteiger partial charge in [-0.1, -0.05) is 42.5 Å².